The third-order valence-corrected chi connectivity index (χ3v) is 3.86. The first-order chi connectivity index (χ1) is 11.6. The second-order valence-electron chi connectivity index (χ2n) is 4.91. The zero-order valence-corrected chi connectivity index (χ0v) is 13.9. The third kappa shape index (κ3) is 3.88. The second-order valence-corrected chi connectivity index (χ2v) is 5.73. The first-order valence-corrected chi connectivity index (χ1v) is 7.87. The van der Waals surface area contributed by atoms with Crippen LogP contribution >= 0.6 is 23.2 Å². The van der Waals surface area contributed by atoms with Crippen molar-refractivity contribution in [3.8, 4) is 0 Å². The molecule has 2 heterocycles. The first-order valence-electron chi connectivity index (χ1n) is 7.11. The lowest BCUT2D eigenvalue weighted by molar-refractivity contribution is 0.0943. The van der Waals surface area contributed by atoms with Crippen LogP contribution in [0.4, 0.5) is 11.4 Å². The van der Waals surface area contributed by atoms with Gasteiger partial charge in [0.2, 0.25) is 0 Å². The molecular formula is C17H13Cl2N3O2. The topological polar surface area (TPSA) is 67.2 Å². The largest absolute Gasteiger partial charge is 0.467 e. The number of anilines is 2. The molecule has 0 aliphatic rings. The van der Waals surface area contributed by atoms with Gasteiger partial charge < -0.3 is 15.1 Å². The summed E-state index contributed by atoms with van der Waals surface area (Å²) in [4.78, 5) is 16.3. The lowest BCUT2D eigenvalue weighted by Crippen LogP contribution is -2.23. The highest BCUT2D eigenvalue weighted by Gasteiger charge is 2.10. The fourth-order valence-electron chi connectivity index (χ4n) is 2.07. The molecule has 7 heteroatoms. The van der Waals surface area contributed by atoms with Gasteiger partial charge in [0.05, 0.1) is 28.5 Å². The number of halogens is 2. The van der Waals surface area contributed by atoms with Crippen molar-refractivity contribution in [2.24, 2.45) is 0 Å². The Labute approximate surface area is 148 Å². The molecule has 0 saturated carbocycles. The Balaban J connectivity index is 1.73. The average molecular weight is 362 g/mol. The zero-order chi connectivity index (χ0) is 16.9. The minimum atomic E-state index is -0.305. The number of carbonyl (C=O) groups is 1. The summed E-state index contributed by atoms with van der Waals surface area (Å²) in [7, 11) is 0. The van der Waals surface area contributed by atoms with E-state index in [0.717, 1.165) is 0 Å². The minimum absolute atomic E-state index is 0.273. The van der Waals surface area contributed by atoms with E-state index in [1.165, 1.54) is 6.20 Å². The van der Waals surface area contributed by atoms with Crippen molar-refractivity contribution in [2.45, 2.75) is 6.54 Å². The standard InChI is InChI=1S/C17H13Cl2N3O2/c18-13-4-1-5-14(19)16(13)22-11-6-7-20-15(9-11)17(23)21-10-12-3-2-8-24-12/h1-9H,10H2,(H,20,22)(H,21,23). The Bertz CT molecular complexity index is 831. The second kappa shape index (κ2) is 7.38. The number of rotatable bonds is 5. The fraction of sp³-hybridized carbons (Fsp3) is 0.0588. The van der Waals surface area contributed by atoms with Gasteiger partial charge >= 0.3 is 0 Å². The van der Waals surface area contributed by atoms with Gasteiger partial charge in [-0.3, -0.25) is 9.78 Å². The third-order valence-electron chi connectivity index (χ3n) is 3.23. The van der Waals surface area contributed by atoms with Crippen LogP contribution in [0.5, 0.6) is 0 Å². The molecule has 0 atom stereocenters. The fourth-order valence-corrected chi connectivity index (χ4v) is 2.56. The van der Waals surface area contributed by atoms with Gasteiger partial charge in [0.25, 0.3) is 5.91 Å². The van der Waals surface area contributed by atoms with Gasteiger partial charge in [-0.15, -0.1) is 0 Å². The Morgan fingerprint density at radius 3 is 2.62 bits per heavy atom. The van der Waals surface area contributed by atoms with Crippen molar-refractivity contribution >= 4 is 40.5 Å². The van der Waals surface area contributed by atoms with Gasteiger partial charge in [-0.1, -0.05) is 29.3 Å². The maximum atomic E-state index is 12.2. The van der Waals surface area contributed by atoms with Crippen LogP contribution in [0.1, 0.15) is 16.2 Å². The van der Waals surface area contributed by atoms with Crippen LogP contribution in [-0.4, -0.2) is 10.9 Å². The SMILES string of the molecule is O=C(NCc1ccco1)c1cc(Nc2c(Cl)cccc2Cl)ccn1. The number of hydrogen-bond donors (Lipinski definition) is 2. The number of furan rings is 1. The van der Waals surface area contributed by atoms with E-state index in [1.54, 1.807) is 48.7 Å². The molecule has 0 aliphatic carbocycles. The zero-order valence-electron chi connectivity index (χ0n) is 12.4. The van der Waals surface area contributed by atoms with Gasteiger partial charge in [0.15, 0.2) is 0 Å². The molecule has 3 rings (SSSR count). The van der Waals surface area contributed by atoms with Crippen LogP contribution in [0.15, 0.2) is 59.3 Å². The molecule has 5 nitrogen and oxygen atoms in total. The van der Waals surface area contributed by atoms with Gasteiger partial charge in [0, 0.05) is 11.9 Å². The minimum Gasteiger partial charge on any atom is -0.467 e. The predicted molar refractivity (Wildman–Crippen MR) is 93.9 cm³/mol. The van der Waals surface area contributed by atoms with Crippen LogP contribution in [0.2, 0.25) is 10.0 Å². The van der Waals surface area contributed by atoms with Crippen molar-refractivity contribution in [3.05, 3.63) is 76.4 Å². The van der Waals surface area contributed by atoms with Crippen LogP contribution in [0.25, 0.3) is 0 Å². The Hall–Kier alpha value is -2.50. The maximum Gasteiger partial charge on any atom is 0.270 e. The molecule has 0 unspecified atom stereocenters. The first kappa shape index (κ1) is 16.4. The number of aromatic nitrogens is 1. The van der Waals surface area contributed by atoms with Crippen molar-refractivity contribution in [2.75, 3.05) is 5.32 Å². The number of hydrogen-bond acceptors (Lipinski definition) is 4. The molecule has 0 radical (unpaired) electrons. The van der Waals surface area contributed by atoms with Gasteiger partial charge in [-0.2, -0.15) is 0 Å². The summed E-state index contributed by atoms with van der Waals surface area (Å²) in [5.74, 6) is 0.362. The van der Waals surface area contributed by atoms with E-state index in [4.69, 9.17) is 27.6 Å². The smallest absolute Gasteiger partial charge is 0.270 e. The molecular weight excluding hydrogens is 349 g/mol. The van der Waals surface area contributed by atoms with Crippen LogP contribution in [0.3, 0.4) is 0 Å². The molecule has 122 valence electrons. The van der Waals surface area contributed by atoms with E-state index >= 15 is 0 Å². The molecule has 0 saturated heterocycles. The number of carbonyl (C=O) groups excluding carboxylic acids is 1. The molecule has 24 heavy (non-hydrogen) atoms. The number of nitrogens with zero attached hydrogens (tertiary/aromatic N) is 1. The molecule has 1 aromatic carbocycles. The van der Waals surface area contributed by atoms with Gasteiger partial charge in [0.1, 0.15) is 11.5 Å². The van der Waals surface area contributed by atoms with Crippen molar-refractivity contribution in [3.63, 3.8) is 0 Å². The summed E-state index contributed by atoms with van der Waals surface area (Å²) >= 11 is 12.3. The molecule has 0 bridgehead atoms. The van der Waals surface area contributed by atoms with Crippen molar-refractivity contribution < 1.29 is 9.21 Å². The summed E-state index contributed by atoms with van der Waals surface area (Å²) in [6.07, 6.45) is 3.09. The quantitative estimate of drug-likeness (QED) is 0.693. The van der Waals surface area contributed by atoms with Crippen LogP contribution in [0, 0.1) is 0 Å². The highest BCUT2D eigenvalue weighted by molar-refractivity contribution is 6.39. The van der Waals surface area contributed by atoms with E-state index in [-0.39, 0.29) is 11.6 Å². The number of pyridine rings is 1. The normalized spacial score (nSPS) is 10.4. The van der Waals surface area contributed by atoms with E-state index in [0.29, 0.717) is 33.7 Å². The maximum absolute atomic E-state index is 12.2. The van der Waals surface area contributed by atoms with Crippen molar-refractivity contribution in [1.82, 2.24) is 10.3 Å². The van der Waals surface area contributed by atoms with Crippen LogP contribution < -0.4 is 10.6 Å². The van der Waals surface area contributed by atoms with E-state index < -0.39 is 0 Å². The lowest BCUT2D eigenvalue weighted by Gasteiger charge is -2.11. The number of para-hydroxylation sites is 1. The van der Waals surface area contributed by atoms with E-state index in [9.17, 15) is 4.79 Å². The Kier molecular flexibility index (Phi) is 5.03. The lowest BCUT2D eigenvalue weighted by atomic mass is 10.2. The van der Waals surface area contributed by atoms with E-state index in [2.05, 4.69) is 15.6 Å². The summed E-state index contributed by atoms with van der Waals surface area (Å²) in [5, 5.41) is 6.82. The molecule has 0 fully saturated rings. The molecule has 2 aromatic heterocycles. The molecule has 0 spiro atoms. The van der Waals surface area contributed by atoms with Crippen molar-refractivity contribution in [1.29, 1.82) is 0 Å². The van der Waals surface area contributed by atoms with Gasteiger partial charge in [-0.05, 0) is 36.4 Å². The number of amides is 1. The monoisotopic (exact) mass is 361 g/mol. The molecule has 1 amide bonds. The predicted octanol–water partition coefficient (Wildman–Crippen LogP) is 4.66. The Morgan fingerprint density at radius 2 is 1.92 bits per heavy atom. The molecule has 3 aromatic rings. The summed E-state index contributed by atoms with van der Waals surface area (Å²) in [6.45, 7) is 0.293. The summed E-state index contributed by atoms with van der Waals surface area (Å²) in [5.41, 5.74) is 1.51. The highest BCUT2D eigenvalue weighted by Crippen LogP contribution is 2.32. The van der Waals surface area contributed by atoms with Crippen LogP contribution in [-0.2, 0) is 6.54 Å². The Morgan fingerprint density at radius 1 is 1.12 bits per heavy atom. The van der Waals surface area contributed by atoms with Gasteiger partial charge in [-0.25, -0.2) is 0 Å². The molecule has 0 aliphatic heterocycles. The molecule has 2 N–H and O–H groups in total. The summed E-state index contributed by atoms with van der Waals surface area (Å²) in [6, 6.07) is 12.1. The van der Waals surface area contributed by atoms with E-state index in [1.807, 2.05) is 0 Å². The summed E-state index contributed by atoms with van der Waals surface area (Å²) < 4.78 is 5.17. The average Bonchev–Trinajstić information content (AvgIpc) is 3.10. The highest BCUT2D eigenvalue weighted by atomic mass is 35.5. The number of nitrogens with one attached hydrogen (secondary N) is 2. The number of benzene rings is 1.